The van der Waals surface area contributed by atoms with Gasteiger partial charge in [-0.1, -0.05) is 0 Å². The van der Waals surface area contributed by atoms with E-state index in [0.717, 1.165) is 10.9 Å². The lowest BCUT2D eigenvalue weighted by molar-refractivity contribution is -0.150. The number of hydrogen-bond acceptors (Lipinski definition) is 5. The average molecular weight is 304 g/mol. The predicted octanol–water partition coefficient (Wildman–Crippen LogP) is 3.05. The van der Waals surface area contributed by atoms with Crippen molar-refractivity contribution >= 4 is 16.9 Å². The lowest BCUT2D eigenvalue weighted by atomic mass is 10.0. The molecule has 0 spiro atoms. The number of fused-ring (bicyclic) bond motifs is 1. The first-order valence-electron chi connectivity index (χ1n) is 7.23. The predicted molar refractivity (Wildman–Crippen MR) is 83.4 cm³/mol. The minimum absolute atomic E-state index is 0.302. The molecule has 2 rings (SSSR count). The van der Waals surface area contributed by atoms with Crippen molar-refractivity contribution in [1.29, 1.82) is 0 Å². The summed E-state index contributed by atoms with van der Waals surface area (Å²) in [6.45, 7) is 9.09. The van der Waals surface area contributed by atoms with Crippen LogP contribution in [-0.4, -0.2) is 18.7 Å². The molecule has 0 fully saturated rings. The summed E-state index contributed by atoms with van der Waals surface area (Å²) in [5, 5.41) is 0.866. The Bertz CT molecular complexity index is 773. The first kappa shape index (κ1) is 16.1. The molecule has 1 aromatic heterocycles. The van der Waals surface area contributed by atoms with Gasteiger partial charge in [-0.2, -0.15) is 0 Å². The van der Waals surface area contributed by atoms with Crippen LogP contribution in [0.3, 0.4) is 0 Å². The van der Waals surface area contributed by atoms with Crippen LogP contribution in [0.4, 0.5) is 0 Å². The number of esters is 1. The van der Waals surface area contributed by atoms with Gasteiger partial charge in [0.2, 0.25) is 0 Å². The summed E-state index contributed by atoms with van der Waals surface area (Å²) in [6, 6.07) is 3.61. The van der Waals surface area contributed by atoms with Crippen molar-refractivity contribution in [3.05, 3.63) is 39.2 Å². The van der Waals surface area contributed by atoms with Crippen LogP contribution in [0.25, 0.3) is 11.0 Å². The molecule has 0 aliphatic carbocycles. The Morgan fingerprint density at radius 2 is 1.86 bits per heavy atom. The fraction of sp³-hybridized carbons (Fsp3) is 0.412. The monoisotopic (exact) mass is 304 g/mol. The topological polar surface area (TPSA) is 65.7 Å². The van der Waals surface area contributed by atoms with Gasteiger partial charge in [0.05, 0.1) is 6.61 Å². The highest BCUT2D eigenvalue weighted by atomic mass is 16.6. The Labute approximate surface area is 128 Å². The van der Waals surface area contributed by atoms with Gasteiger partial charge in [0.1, 0.15) is 11.3 Å². The van der Waals surface area contributed by atoms with E-state index in [1.165, 1.54) is 0 Å². The third kappa shape index (κ3) is 2.84. The SMILES string of the molecule is CCOC(=O)[C@H](C)Oc1ccc2c(C)c(C)c(=O)oc2c1C. The minimum Gasteiger partial charge on any atom is -0.479 e. The van der Waals surface area contributed by atoms with Crippen molar-refractivity contribution in [2.24, 2.45) is 0 Å². The molecule has 0 amide bonds. The van der Waals surface area contributed by atoms with Crippen LogP contribution in [0.1, 0.15) is 30.5 Å². The molecular formula is C17H20O5. The first-order chi connectivity index (χ1) is 10.4. The van der Waals surface area contributed by atoms with Crippen LogP contribution in [0.15, 0.2) is 21.3 Å². The van der Waals surface area contributed by atoms with Gasteiger partial charge in [0.15, 0.2) is 6.10 Å². The van der Waals surface area contributed by atoms with Crippen molar-refractivity contribution < 1.29 is 18.7 Å². The molecule has 1 atom stereocenters. The molecule has 0 radical (unpaired) electrons. The van der Waals surface area contributed by atoms with Crippen molar-refractivity contribution in [2.45, 2.75) is 40.7 Å². The van der Waals surface area contributed by atoms with E-state index in [9.17, 15) is 9.59 Å². The Kier molecular flexibility index (Phi) is 4.54. The van der Waals surface area contributed by atoms with Gasteiger partial charge in [-0.3, -0.25) is 0 Å². The van der Waals surface area contributed by atoms with E-state index in [4.69, 9.17) is 13.9 Å². The fourth-order valence-corrected chi connectivity index (χ4v) is 2.25. The molecule has 5 nitrogen and oxygen atoms in total. The van der Waals surface area contributed by atoms with Gasteiger partial charge in [-0.15, -0.1) is 0 Å². The maximum atomic E-state index is 11.9. The highest BCUT2D eigenvalue weighted by molar-refractivity contribution is 5.85. The lowest BCUT2D eigenvalue weighted by Crippen LogP contribution is -2.26. The summed E-state index contributed by atoms with van der Waals surface area (Å²) in [4.78, 5) is 23.5. The number of rotatable bonds is 4. The molecule has 118 valence electrons. The molecule has 0 saturated carbocycles. The molecule has 0 aliphatic heterocycles. The summed E-state index contributed by atoms with van der Waals surface area (Å²) in [5.74, 6) is 0.0722. The average Bonchev–Trinajstić information content (AvgIpc) is 2.48. The maximum Gasteiger partial charge on any atom is 0.347 e. The third-order valence-corrected chi connectivity index (χ3v) is 3.75. The van der Waals surface area contributed by atoms with E-state index in [1.807, 2.05) is 13.0 Å². The fourth-order valence-electron chi connectivity index (χ4n) is 2.25. The second-order valence-electron chi connectivity index (χ2n) is 5.22. The zero-order valence-corrected chi connectivity index (χ0v) is 13.5. The molecule has 0 bridgehead atoms. The molecule has 0 unspecified atom stereocenters. The molecule has 5 heteroatoms. The van der Waals surface area contributed by atoms with Crippen LogP contribution in [0.2, 0.25) is 0 Å². The van der Waals surface area contributed by atoms with Gasteiger partial charge in [-0.25, -0.2) is 9.59 Å². The summed E-state index contributed by atoms with van der Waals surface area (Å²) >= 11 is 0. The molecule has 1 aromatic carbocycles. The highest BCUT2D eigenvalue weighted by Crippen LogP contribution is 2.29. The Balaban J connectivity index is 2.46. The summed E-state index contributed by atoms with van der Waals surface area (Å²) in [5.41, 5.74) is 2.30. The summed E-state index contributed by atoms with van der Waals surface area (Å²) < 4.78 is 15.9. The van der Waals surface area contributed by atoms with Gasteiger partial charge in [-0.05, 0) is 52.3 Å². The zero-order valence-electron chi connectivity index (χ0n) is 13.5. The molecule has 1 heterocycles. The third-order valence-electron chi connectivity index (χ3n) is 3.75. The van der Waals surface area contributed by atoms with Crippen molar-refractivity contribution in [3.63, 3.8) is 0 Å². The Hall–Kier alpha value is -2.30. The van der Waals surface area contributed by atoms with Crippen LogP contribution >= 0.6 is 0 Å². The van der Waals surface area contributed by atoms with Gasteiger partial charge < -0.3 is 13.9 Å². The Morgan fingerprint density at radius 3 is 2.50 bits per heavy atom. The summed E-state index contributed by atoms with van der Waals surface area (Å²) in [7, 11) is 0. The number of carbonyl (C=O) groups excluding carboxylic acids is 1. The summed E-state index contributed by atoms with van der Waals surface area (Å²) in [6.07, 6.45) is -0.727. The molecule has 0 aliphatic rings. The standard InChI is InChI=1S/C17H20O5/c1-6-20-17(19)12(5)21-14-8-7-13-9(2)10(3)16(18)22-15(13)11(14)4/h7-8,12H,6H2,1-5H3/t12-/m0/s1. The second-order valence-corrected chi connectivity index (χ2v) is 5.22. The normalized spacial score (nSPS) is 12.2. The molecule has 0 saturated heterocycles. The molecule has 0 N–H and O–H groups in total. The number of benzene rings is 1. The number of hydrogen-bond donors (Lipinski definition) is 0. The largest absolute Gasteiger partial charge is 0.479 e. The van der Waals surface area contributed by atoms with E-state index in [0.29, 0.717) is 29.1 Å². The van der Waals surface area contributed by atoms with Crippen LogP contribution < -0.4 is 10.4 Å². The number of aryl methyl sites for hydroxylation is 2. The van der Waals surface area contributed by atoms with Crippen LogP contribution in [0.5, 0.6) is 5.75 Å². The van der Waals surface area contributed by atoms with Gasteiger partial charge in [0, 0.05) is 16.5 Å². The quantitative estimate of drug-likeness (QED) is 0.641. The highest BCUT2D eigenvalue weighted by Gasteiger charge is 2.19. The van der Waals surface area contributed by atoms with E-state index in [-0.39, 0.29) is 5.63 Å². The molecule has 2 aromatic rings. The smallest absolute Gasteiger partial charge is 0.347 e. The molecule has 22 heavy (non-hydrogen) atoms. The van der Waals surface area contributed by atoms with E-state index in [1.54, 1.807) is 33.8 Å². The maximum absolute atomic E-state index is 11.9. The van der Waals surface area contributed by atoms with Crippen LogP contribution in [-0.2, 0) is 9.53 Å². The Morgan fingerprint density at radius 1 is 1.18 bits per heavy atom. The van der Waals surface area contributed by atoms with E-state index >= 15 is 0 Å². The van der Waals surface area contributed by atoms with Gasteiger partial charge in [0.25, 0.3) is 0 Å². The van der Waals surface area contributed by atoms with Crippen molar-refractivity contribution in [1.82, 2.24) is 0 Å². The van der Waals surface area contributed by atoms with E-state index < -0.39 is 12.1 Å². The number of carbonyl (C=O) groups is 1. The zero-order chi connectivity index (χ0) is 16.4. The van der Waals surface area contributed by atoms with Gasteiger partial charge >= 0.3 is 11.6 Å². The molecular weight excluding hydrogens is 284 g/mol. The lowest BCUT2D eigenvalue weighted by Gasteiger charge is -2.16. The van der Waals surface area contributed by atoms with Crippen LogP contribution in [0, 0.1) is 20.8 Å². The second kappa shape index (κ2) is 6.22. The first-order valence-corrected chi connectivity index (χ1v) is 7.23. The van der Waals surface area contributed by atoms with Crippen molar-refractivity contribution in [3.8, 4) is 5.75 Å². The minimum atomic E-state index is -0.727. The van der Waals surface area contributed by atoms with Crippen molar-refractivity contribution in [2.75, 3.05) is 6.61 Å². The number of ether oxygens (including phenoxy) is 2. The van der Waals surface area contributed by atoms with E-state index in [2.05, 4.69) is 0 Å².